The number of hydrogen-bond acceptors (Lipinski definition) is 10. The number of nitrogens with one attached hydrogen (secondary N) is 1. The van der Waals surface area contributed by atoms with Crippen LogP contribution in [0.2, 0.25) is 0 Å². The zero-order valence-corrected chi connectivity index (χ0v) is 12.3. The first kappa shape index (κ1) is 21.1. The molecular weight excluding hydrogens is 304 g/mol. The molecule has 11 heteroatoms. The Labute approximate surface area is 127 Å². The first-order chi connectivity index (χ1) is 10.5. The minimum atomic E-state index is -1.92. The van der Waals surface area contributed by atoms with Crippen molar-refractivity contribution >= 4 is 5.91 Å². The molecule has 0 aromatic carbocycles. The highest BCUT2D eigenvalue weighted by atomic mass is 16.7. The fraction of sp³-hybridized carbons (Fsp3) is 0.909. The molecule has 0 aliphatic carbocycles. The topological polar surface area (TPSA) is 173 Å². The second kappa shape index (κ2) is 12.6. The Bertz CT molecular complexity index is 295. The Kier molecular flexibility index (Phi) is 12.1. The van der Waals surface area contributed by atoms with Crippen LogP contribution < -0.4 is 11.4 Å². The van der Waals surface area contributed by atoms with Crippen molar-refractivity contribution in [2.75, 3.05) is 40.1 Å². The van der Waals surface area contributed by atoms with Crippen molar-refractivity contribution in [1.82, 2.24) is 5.48 Å². The van der Waals surface area contributed by atoms with Crippen LogP contribution in [-0.4, -0.2) is 90.9 Å². The fourth-order valence-electron chi connectivity index (χ4n) is 1.45. The van der Waals surface area contributed by atoms with E-state index >= 15 is 0 Å². The highest BCUT2D eigenvalue weighted by Gasteiger charge is 2.35. The summed E-state index contributed by atoms with van der Waals surface area (Å²) < 4.78 is 9.73. The molecule has 0 fully saturated rings. The number of rotatable bonds is 13. The summed E-state index contributed by atoms with van der Waals surface area (Å²) in [4.78, 5) is 20.5. The summed E-state index contributed by atoms with van der Waals surface area (Å²) in [6.45, 7) is -0.102. The van der Waals surface area contributed by atoms with E-state index in [4.69, 9.17) is 25.3 Å². The van der Waals surface area contributed by atoms with Crippen molar-refractivity contribution in [3.05, 3.63) is 0 Å². The minimum absolute atomic E-state index is 0.00784. The molecule has 2 unspecified atom stereocenters. The molecule has 132 valence electrons. The number of nitrogens with two attached hydrogens (primary N) is 1. The Morgan fingerprint density at radius 3 is 2.36 bits per heavy atom. The quantitative estimate of drug-likeness (QED) is 0.145. The van der Waals surface area contributed by atoms with Gasteiger partial charge in [-0.1, -0.05) is 0 Å². The van der Waals surface area contributed by atoms with Crippen LogP contribution in [0.3, 0.4) is 0 Å². The highest BCUT2D eigenvalue weighted by molar-refractivity contribution is 5.80. The predicted molar refractivity (Wildman–Crippen MR) is 71.0 cm³/mol. The number of ether oxygens (including phenoxy) is 2. The SMILES string of the molecule is CO[C@H](C(O)CO)[C@H](O)C(O)C(=O)NOCCOCCON. The molecule has 0 rings (SSSR count). The number of methoxy groups -OCH3 is 1. The van der Waals surface area contributed by atoms with Gasteiger partial charge in [0.15, 0.2) is 6.10 Å². The van der Waals surface area contributed by atoms with Crippen molar-refractivity contribution in [3.63, 3.8) is 0 Å². The minimum Gasteiger partial charge on any atom is -0.394 e. The summed E-state index contributed by atoms with van der Waals surface area (Å²) in [6.07, 6.45) is -6.47. The zero-order chi connectivity index (χ0) is 17.0. The van der Waals surface area contributed by atoms with Crippen molar-refractivity contribution in [3.8, 4) is 0 Å². The van der Waals surface area contributed by atoms with E-state index in [0.29, 0.717) is 0 Å². The number of carbonyl (C=O) groups is 1. The van der Waals surface area contributed by atoms with Gasteiger partial charge in [-0.15, -0.1) is 0 Å². The molecule has 1 amide bonds. The third-order valence-corrected chi connectivity index (χ3v) is 2.62. The third kappa shape index (κ3) is 7.93. The maximum Gasteiger partial charge on any atom is 0.275 e. The number of aliphatic hydroxyl groups excluding tert-OH is 4. The van der Waals surface area contributed by atoms with E-state index in [2.05, 4.69) is 4.84 Å². The van der Waals surface area contributed by atoms with Crippen LogP contribution in [0.15, 0.2) is 0 Å². The Morgan fingerprint density at radius 2 is 1.82 bits per heavy atom. The summed E-state index contributed by atoms with van der Waals surface area (Å²) in [5, 5.41) is 37.5. The molecule has 0 saturated heterocycles. The van der Waals surface area contributed by atoms with Crippen molar-refractivity contribution < 1.29 is 44.4 Å². The van der Waals surface area contributed by atoms with Gasteiger partial charge < -0.3 is 34.7 Å². The highest BCUT2D eigenvalue weighted by Crippen LogP contribution is 2.09. The fourth-order valence-corrected chi connectivity index (χ4v) is 1.45. The summed E-state index contributed by atoms with van der Waals surface area (Å²) in [6, 6.07) is 0. The molecule has 0 aromatic rings. The van der Waals surface area contributed by atoms with Crippen molar-refractivity contribution in [2.24, 2.45) is 5.90 Å². The van der Waals surface area contributed by atoms with Gasteiger partial charge in [0.2, 0.25) is 0 Å². The zero-order valence-electron chi connectivity index (χ0n) is 12.3. The van der Waals surface area contributed by atoms with Crippen LogP contribution in [0.4, 0.5) is 0 Å². The van der Waals surface area contributed by atoms with Crippen molar-refractivity contribution in [1.29, 1.82) is 0 Å². The van der Waals surface area contributed by atoms with E-state index < -0.39 is 36.9 Å². The Hall–Kier alpha value is -0.890. The van der Waals surface area contributed by atoms with Gasteiger partial charge >= 0.3 is 0 Å². The van der Waals surface area contributed by atoms with E-state index in [1.165, 1.54) is 0 Å². The van der Waals surface area contributed by atoms with Gasteiger partial charge in [-0.05, 0) is 0 Å². The van der Waals surface area contributed by atoms with Gasteiger partial charge in [-0.2, -0.15) is 0 Å². The summed E-state index contributed by atoms with van der Waals surface area (Å²) in [5.41, 5.74) is 1.91. The van der Waals surface area contributed by atoms with Crippen molar-refractivity contribution in [2.45, 2.75) is 24.4 Å². The average molecular weight is 328 g/mol. The van der Waals surface area contributed by atoms with Gasteiger partial charge in [0.25, 0.3) is 5.91 Å². The standard InChI is InChI=1S/C11H24N2O9/c1-19-10(7(15)6-14)8(16)9(17)11(18)13-22-5-3-20-2-4-21-12/h7-10,14-17H,2-6,12H2,1H3,(H,13,18)/t7?,8-,9?,10-/m1/s1. The lowest BCUT2D eigenvalue weighted by atomic mass is 10.0. The second-order valence-corrected chi connectivity index (χ2v) is 4.18. The summed E-state index contributed by atoms with van der Waals surface area (Å²) in [5.74, 6) is 3.74. The van der Waals surface area contributed by atoms with Gasteiger partial charge in [0.1, 0.15) is 18.3 Å². The molecule has 0 aliphatic heterocycles. The van der Waals surface area contributed by atoms with Crippen LogP contribution in [0.5, 0.6) is 0 Å². The number of hydrogen-bond donors (Lipinski definition) is 6. The molecular formula is C11H24N2O9. The molecule has 4 atom stereocenters. The van der Waals surface area contributed by atoms with Crippen LogP contribution in [0, 0.1) is 0 Å². The van der Waals surface area contributed by atoms with Crippen LogP contribution in [-0.2, 0) is 23.9 Å². The van der Waals surface area contributed by atoms with Gasteiger partial charge in [0.05, 0.1) is 33.0 Å². The van der Waals surface area contributed by atoms with Gasteiger partial charge in [-0.25, -0.2) is 11.4 Å². The smallest absolute Gasteiger partial charge is 0.275 e. The molecule has 0 bridgehead atoms. The van der Waals surface area contributed by atoms with E-state index in [1.54, 1.807) is 0 Å². The van der Waals surface area contributed by atoms with E-state index in [1.807, 2.05) is 5.48 Å². The van der Waals surface area contributed by atoms with Crippen LogP contribution >= 0.6 is 0 Å². The van der Waals surface area contributed by atoms with Crippen LogP contribution in [0.1, 0.15) is 0 Å². The average Bonchev–Trinajstić information content (AvgIpc) is 2.53. The Balaban J connectivity index is 4.03. The monoisotopic (exact) mass is 328 g/mol. The first-order valence-corrected chi connectivity index (χ1v) is 6.48. The lowest BCUT2D eigenvalue weighted by Crippen LogP contribution is -2.52. The molecule has 0 radical (unpaired) electrons. The molecule has 0 spiro atoms. The Morgan fingerprint density at radius 1 is 1.18 bits per heavy atom. The van der Waals surface area contributed by atoms with Gasteiger partial charge in [0, 0.05) is 7.11 Å². The number of carbonyl (C=O) groups excluding carboxylic acids is 1. The third-order valence-electron chi connectivity index (χ3n) is 2.62. The van der Waals surface area contributed by atoms with Gasteiger partial charge in [-0.3, -0.25) is 9.63 Å². The largest absolute Gasteiger partial charge is 0.394 e. The predicted octanol–water partition coefficient (Wildman–Crippen LogP) is -3.97. The van der Waals surface area contributed by atoms with E-state index in [-0.39, 0.29) is 26.4 Å². The first-order valence-electron chi connectivity index (χ1n) is 6.48. The summed E-state index contributed by atoms with van der Waals surface area (Å²) >= 11 is 0. The molecule has 0 aliphatic rings. The molecule has 11 nitrogen and oxygen atoms in total. The lowest BCUT2D eigenvalue weighted by Gasteiger charge is -2.27. The normalized spacial score (nSPS) is 16.8. The number of amides is 1. The van der Waals surface area contributed by atoms with E-state index in [9.17, 15) is 20.1 Å². The lowest BCUT2D eigenvalue weighted by molar-refractivity contribution is -0.164. The number of hydroxylamine groups is 1. The molecule has 22 heavy (non-hydrogen) atoms. The van der Waals surface area contributed by atoms with Crippen LogP contribution in [0.25, 0.3) is 0 Å². The maximum atomic E-state index is 11.5. The summed E-state index contributed by atoms with van der Waals surface area (Å²) in [7, 11) is 1.15. The molecule has 0 saturated carbocycles. The second-order valence-electron chi connectivity index (χ2n) is 4.18. The molecule has 0 aromatic heterocycles. The molecule has 7 N–H and O–H groups in total. The van der Waals surface area contributed by atoms with E-state index in [0.717, 1.165) is 7.11 Å². The maximum absolute atomic E-state index is 11.5. The number of aliphatic hydroxyl groups is 4. The molecule has 0 heterocycles.